The third-order valence-corrected chi connectivity index (χ3v) is 3.10. The summed E-state index contributed by atoms with van der Waals surface area (Å²) in [5.74, 6) is -1.76. The average molecular weight is 213 g/mol. The molecule has 0 spiro atoms. The predicted octanol–water partition coefficient (Wildman–Crippen LogP) is 1.26. The summed E-state index contributed by atoms with van der Waals surface area (Å²) in [7, 11) is 0. The van der Waals surface area contributed by atoms with Gasteiger partial charge in [-0.15, -0.1) is 0 Å². The van der Waals surface area contributed by atoms with Crippen LogP contribution in [0.5, 0.6) is 0 Å². The van der Waals surface area contributed by atoms with Crippen LogP contribution < -0.4 is 5.32 Å². The van der Waals surface area contributed by atoms with Crippen molar-refractivity contribution in [3.05, 3.63) is 0 Å². The molecule has 0 aromatic heterocycles. The lowest BCUT2D eigenvalue weighted by molar-refractivity contribution is -0.140. The predicted molar refractivity (Wildman–Crippen MR) is 56.3 cm³/mol. The van der Waals surface area contributed by atoms with Gasteiger partial charge < -0.3 is 10.4 Å². The van der Waals surface area contributed by atoms with Gasteiger partial charge in [0.1, 0.15) is 0 Å². The number of aliphatic carboxylic acids is 1. The van der Waals surface area contributed by atoms with E-state index in [4.69, 9.17) is 5.11 Å². The molecule has 4 nitrogen and oxygen atoms in total. The molecule has 2 N–H and O–H groups in total. The summed E-state index contributed by atoms with van der Waals surface area (Å²) < 4.78 is 0. The first-order valence-electron chi connectivity index (χ1n) is 5.26. The number of hydrogen-bond donors (Lipinski definition) is 2. The molecule has 15 heavy (non-hydrogen) atoms. The van der Waals surface area contributed by atoms with Crippen LogP contribution in [0, 0.1) is 17.3 Å². The van der Waals surface area contributed by atoms with Gasteiger partial charge in [0.25, 0.3) is 0 Å². The highest BCUT2D eigenvalue weighted by molar-refractivity contribution is 5.89. The second-order valence-corrected chi connectivity index (χ2v) is 5.38. The van der Waals surface area contributed by atoms with Crippen molar-refractivity contribution >= 4 is 11.9 Å². The summed E-state index contributed by atoms with van der Waals surface area (Å²) in [6.45, 7) is 8.06. The summed E-state index contributed by atoms with van der Waals surface area (Å²) in [4.78, 5) is 22.2. The smallest absolute Gasteiger partial charge is 0.307 e. The first-order chi connectivity index (χ1) is 6.73. The Labute approximate surface area is 90.0 Å². The molecule has 0 aromatic carbocycles. The van der Waals surface area contributed by atoms with Crippen LogP contribution in [0.3, 0.4) is 0 Å². The Bertz CT molecular complexity index is 280. The molecular weight excluding hydrogens is 194 g/mol. The van der Waals surface area contributed by atoms with Crippen molar-refractivity contribution in [2.75, 3.05) is 0 Å². The normalized spacial score (nSPS) is 26.9. The molecule has 1 aliphatic carbocycles. The topological polar surface area (TPSA) is 66.4 Å². The van der Waals surface area contributed by atoms with Crippen LogP contribution in [-0.2, 0) is 9.59 Å². The Balaban J connectivity index is 2.42. The molecule has 4 heteroatoms. The molecule has 1 rings (SSSR count). The van der Waals surface area contributed by atoms with Gasteiger partial charge in [0.05, 0.1) is 11.8 Å². The van der Waals surface area contributed by atoms with Crippen LogP contribution >= 0.6 is 0 Å². The largest absolute Gasteiger partial charge is 0.481 e. The summed E-state index contributed by atoms with van der Waals surface area (Å²) >= 11 is 0. The van der Waals surface area contributed by atoms with E-state index in [1.54, 1.807) is 0 Å². The molecule has 1 aliphatic rings. The Hall–Kier alpha value is -1.06. The highest BCUT2D eigenvalue weighted by Gasteiger charge is 2.48. The van der Waals surface area contributed by atoms with E-state index in [0.717, 1.165) is 0 Å². The summed E-state index contributed by atoms with van der Waals surface area (Å²) in [5, 5.41) is 11.6. The summed E-state index contributed by atoms with van der Waals surface area (Å²) in [5.41, 5.74) is 0.00324. The molecule has 3 unspecified atom stereocenters. The lowest BCUT2D eigenvalue weighted by atomic mass is 9.88. The van der Waals surface area contributed by atoms with Crippen LogP contribution in [0.4, 0.5) is 0 Å². The first kappa shape index (κ1) is 12.0. The zero-order chi connectivity index (χ0) is 11.8. The van der Waals surface area contributed by atoms with Crippen molar-refractivity contribution in [2.45, 2.75) is 40.2 Å². The SMILES string of the molecule is CC(NC(=O)C1CC1C(=O)O)C(C)(C)C. The highest BCUT2D eigenvalue weighted by atomic mass is 16.4. The maximum absolute atomic E-state index is 11.6. The second-order valence-electron chi connectivity index (χ2n) is 5.38. The van der Waals surface area contributed by atoms with E-state index >= 15 is 0 Å². The molecule has 0 aliphatic heterocycles. The monoisotopic (exact) mass is 213 g/mol. The van der Waals surface area contributed by atoms with Crippen molar-refractivity contribution in [1.29, 1.82) is 0 Å². The van der Waals surface area contributed by atoms with Crippen LogP contribution in [0.25, 0.3) is 0 Å². The fraction of sp³-hybridized carbons (Fsp3) is 0.818. The standard InChI is InChI=1S/C11H19NO3/c1-6(11(2,3)4)12-9(13)7-5-8(7)10(14)15/h6-8H,5H2,1-4H3,(H,12,13)(H,14,15). The van der Waals surface area contributed by atoms with E-state index in [9.17, 15) is 9.59 Å². The van der Waals surface area contributed by atoms with Gasteiger partial charge in [0.15, 0.2) is 0 Å². The molecule has 0 aromatic rings. The van der Waals surface area contributed by atoms with Gasteiger partial charge in [-0.3, -0.25) is 9.59 Å². The minimum absolute atomic E-state index is 0.00324. The van der Waals surface area contributed by atoms with Gasteiger partial charge in [-0.05, 0) is 18.8 Å². The van der Waals surface area contributed by atoms with Gasteiger partial charge in [-0.25, -0.2) is 0 Å². The third kappa shape index (κ3) is 2.94. The van der Waals surface area contributed by atoms with Gasteiger partial charge in [-0.1, -0.05) is 20.8 Å². The Morgan fingerprint density at radius 1 is 1.33 bits per heavy atom. The summed E-state index contributed by atoms with van der Waals surface area (Å²) in [6, 6.07) is 0.0556. The number of nitrogens with one attached hydrogen (secondary N) is 1. The van der Waals surface area contributed by atoms with Crippen molar-refractivity contribution < 1.29 is 14.7 Å². The molecule has 0 saturated heterocycles. The average Bonchev–Trinajstić information content (AvgIpc) is 2.80. The van der Waals surface area contributed by atoms with E-state index in [0.29, 0.717) is 6.42 Å². The molecule has 0 radical (unpaired) electrons. The molecular formula is C11H19NO3. The maximum Gasteiger partial charge on any atom is 0.307 e. The van der Waals surface area contributed by atoms with Crippen LogP contribution in [-0.4, -0.2) is 23.0 Å². The maximum atomic E-state index is 11.6. The van der Waals surface area contributed by atoms with Crippen molar-refractivity contribution in [3.8, 4) is 0 Å². The quantitative estimate of drug-likeness (QED) is 0.741. The van der Waals surface area contributed by atoms with E-state index in [-0.39, 0.29) is 23.3 Å². The summed E-state index contributed by atoms with van der Waals surface area (Å²) in [6.07, 6.45) is 0.484. The number of carbonyl (C=O) groups excluding carboxylic acids is 1. The Morgan fingerprint density at radius 2 is 1.87 bits per heavy atom. The number of carboxylic acids is 1. The van der Waals surface area contributed by atoms with Crippen LogP contribution in [0.15, 0.2) is 0 Å². The lowest BCUT2D eigenvalue weighted by Gasteiger charge is -2.28. The number of carboxylic acid groups (broad SMARTS) is 1. The third-order valence-electron chi connectivity index (χ3n) is 3.10. The highest BCUT2D eigenvalue weighted by Crippen LogP contribution is 2.39. The van der Waals surface area contributed by atoms with E-state index in [1.807, 2.05) is 27.7 Å². The van der Waals surface area contributed by atoms with Crippen LogP contribution in [0.2, 0.25) is 0 Å². The van der Waals surface area contributed by atoms with Crippen LogP contribution in [0.1, 0.15) is 34.1 Å². The zero-order valence-electron chi connectivity index (χ0n) is 9.70. The molecule has 0 bridgehead atoms. The van der Waals surface area contributed by atoms with Crippen molar-refractivity contribution in [1.82, 2.24) is 5.32 Å². The van der Waals surface area contributed by atoms with E-state index < -0.39 is 11.9 Å². The number of hydrogen-bond acceptors (Lipinski definition) is 2. The van der Waals surface area contributed by atoms with Gasteiger partial charge >= 0.3 is 5.97 Å². The minimum Gasteiger partial charge on any atom is -0.481 e. The number of rotatable bonds is 3. The molecule has 0 heterocycles. The second kappa shape index (κ2) is 3.83. The molecule has 86 valence electrons. The molecule has 1 saturated carbocycles. The zero-order valence-corrected chi connectivity index (χ0v) is 9.70. The molecule has 3 atom stereocenters. The fourth-order valence-electron chi connectivity index (χ4n) is 1.29. The van der Waals surface area contributed by atoms with Gasteiger partial charge in [-0.2, -0.15) is 0 Å². The van der Waals surface area contributed by atoms with Crippen molar-refractivity contribution in [3.63, 3.8) is 0 Å². The van der Waals surface area contributed by atoms with E-state index in [2.05, 4.69) is 5.32 Å². The van der Waals surface area contributed by atoms with Crippen molar-refractivity contribution in [2.24, 2.45) is 17.3 Å². The van der Waals surface area contributed by atoms with Gasteiger partial charge in [0.2, 0.25) is 5.91 Å². The fourth-order valence-corrected chi connectivity index (χ4v) is 1.29. The minimum atomic E-state index is -0.862. The first-order valence-corrected chi connectivity index (χ1v) is 5.26. The lowest BCUT2D eigenvalue weighted by Crippen LogP contribution is -2.42. The Kier molecular flexibility index (Phi) is 3.07. The number of amides is 1. The van der Waals surface area contributed by atoms with E-state index in [1.165, 1.54) is 0 Å². The Morgan fingerprint density at radius 3 is 2.20 bits per heavy atom. The molecule has 1 amide bonds. The van der Waals surface area contributed by atoms with Gasteiger partial charge in [0, 0.05) is 6.04 Å². The molecule has 1 fully saturated rings. The number of carbonyl (C=O) groups is 2.